The van der Waals surface area contributed by atoms with Gasteiger partial charge in [-0.1, -0.05) is 12.1 Å². The van der Waals surface area contributed by atoms with E-state index in [-0.39, 0.29) is 17.8 Å². The van der Waals surface area contributed by atoms with Crippen LogP contribution in [0.1, 0.15) is 44.1 Å². The number of fused-ring (bicyclic) bond motifs is 3. The monoisotopic (exact) mass is 328 g/mol. The molecule has 0 saturated heterocycles. The van der Waals surface area contributed by atoms with Gasteiger partial charge in [0.25, 0.3) is 0 Å². The first-order valence-electron chi connectivity index (χ1n) is 7.79. The van der Waals surface area contributed by atoms with Crippen LogP contribution in [0.2, 0.25) is 0 Å². The van der Waals surface area contributed by atoms with Crippen molar-refractivity contribution in [2.45, 2.75) is 44.7 Å². The number of carboxylic acid groups (broad SMARTS) is 1. The van der Waals surface area contributed by atoms with Crippen molar-refractivity contribution in [3.63, 3.8) is 0 Å². The van der Waals surface area contributed by atoms with Gasteiger partial charge in [0.05, 0.1) is 17.6 Å². The first-order valence-corrected chi connectivity index (χ1v) is 7.79. The van der Waals surface area contributed by atoms with Crippen LogP contribution in [0.5, 0.6) is 5.75 Å². The van der Waals surface area contributed by atoms with Crippen LogP contribution in [0.3, 0.4) is 0 Å². The maximum absolute atomic E-state index is 13.0. The fourth-order valence-electron chi connectivity index (χ4n) is 3.86. The zero-order valence-corrected chi connectivity index (χ0v) is 12.7. The highest BCUT2D eigenvalue weighted by Crippen LogP contribution is 2.57. The van der Waals surface area contributed by atoms with Gasteiger partial charge in [-0.25, -0.2) is 0 Å². The van der Waals surface area contributed by atoms with Crippen molar-refractivity contribution in [1.29, 1.82) is 0 Å². The highest BCUT2D eigenvalue weighted by atomic mass is 19.4. The van der Waals surface area contributed by atoms with Crippen LogP contribution in [0.15, 0.2) is 24.3 Å². The van der Waals surface area contributed by atoms with E-state index in [4.69, 9.17) is 4.74 Å². The van der Waals surface area contributed by atoms with E-state index in [0.29, 0.717) is 38.5 Å². The fraction of sp³-hybridized carbons (Fsp3) is 0.588. The molecule has 0 aromatic heterocycles. The summed E-state index contributed by atoms with van der Waals surface area (Å²) in [5, 5.41) is 9.37. The molecule has 126 valence electrons. The van der Waals surface area contributed by atoms with Crippen LogP contribution in [-0.4, -0.2) is 17.7 Å². The Morgan fingerprint density at radius 2 is 1.65 bits per heavy atom. The Morgan fingerprint density at radius 3 is 2.17 bits per heavy atom. The lowest BCUT2D eigenvalue weighted by Gasteiger charge is -2.51. The van der Waals surface area contributed by atoms with Crippen molar-refractivity contribution in [3.8, 4) is 5.75 Å². The summed E-state index contributed by atoms with van der Waals surface area (Å²) in [6, 6.07) is 5.23. The Morgan fingerprint density at radius 1 is 1.09 bits per heavy atom. The fourth-order valence-corrected chi connectivity index (χ4v) is 3.86. The van der Waals surface area contributed by atoms with Gasteiger partial charge in [-0.15, -0.1) is 0 Å². The van der Waals surface area contributed by atoms with Gasteiger partial charge >= 0.3 is 12.1 Å². The molecule has 0 radical (unpaired) electrons. The molecule has 3 aliphatic carbocycles. The van der Waals surface area contributed by atoms with Gasteiger partial charge in [0.1, 0.15) is 5.75 Å². The molecule has 23 heavy (non-hydrogen) atoms. The van der Waals surface area contributed by atoms with Crippen molar-refractivity contribution >= 4 is 5.97 Å². The average Bonchev–Trinajstić information content (AvgIpc) is 2.54. The van der Waals surface area contributed by atoms with E-state index < -0.39 is 23.1 Å². The smallest absolute Gasteiger partial charge is 0.419 e. The maximum Gasteiger partial charge on any atom is 0.419 e. The van der Waals surface area contributed by atoms with Crippen molar-refractivity contribution in [2.75, 3.05) is 6.61 Å². The lowest BCUT2D eigenvalue weighted by molar-refractivity contribution is -0.160. The van der Waals surface area contributed by atoms with E-state index in [0.717, 1.165) is 6.07 Å². The lowest BCUT2D eigenvalue weighted by Crippen LogP contribution is -2.48. The Balaban J connectivity index is 1.70. The van der Waals surface area contributed by atoms with E-state index in [9.17, 15) is 23.1 Å². The molecule has 0 spiro atoms. The van der Waals surface area contributed by atoms with Crippen LogP contribution in [-0.2, 0) is 11.0 Å². The van der Waals surface area contributed by atoms with E-state index >= 15 is 0 Å². The van der Waals surface area contributed by atoms with Gasteiger partial charge in [0.2, 0.25) is 0 Å². The second-order valence-electron chi connectivity index (χ2n) is 6.87. The van der Waals surface area contributed by atoms with Crippen LogP contribution >= 0.6 is 0 Å². The molecular formula is C17H19F3O3. The molecule has 2 bridgehead atoms. The molecule has 3 aliphatic rings. The maximum atomic E-state index is 13.0. The molecule has 0 atom stereocenters. The molecule has 6 heteroatoms. The zero-order chi connectivity index (χ0) is 16.7. The van der Waals surface area contributed by atoms with Crippen molar-refractivity contribution in [1.82, 2.24) is 0 Å². The van der Waals surface area contributed by atoms with Crippen LogP contribution in [0.4, 0.5) is 13.2 Å². The third kappa shape index (κ3) is 2.91. The number of para-hydroxylation sites is 1. The Hall–Kier alpha value is -1.72. The van der Waals surface area contributed by atoms with Crippen molar-refractivity contribution in [3.05, 3.63) is 29.8 Å². The molecule has 1 aromatic carbocycles. The second-order valence-corrected chi connectivity index (χ2v) is 6.87. The summed E-state index contributed by atoms with van der Waals surface area (Å²) in [4.78, 5) is 11.4. The minimum Gasteiger partial charge on any atom is -0.492 e. The normalized spacial score (nSPS) is 30.2. The summed E-state index contributed by atoms with van der Waals surface area (Å²) in [6.45, 7) is 0.218. The molecule has 3 saturated carbocycles. The third-order valence-electron chi connectivity index (χ3n) is 5.58. The van der Waals surface area contributed by atoms with Crippen molar-refractivity contribution < 1.29 is 27.8 Å². The van der Waals surface area contributed by atoms with Crippen LogP contribution < -0.4 is 4.74 Å². The van der Waals surface area contributed by atoms with Crippen molar-refractivity contribution in [2.24, 2.45) is 10.8 Å². The Kier molecular flexibility index (Phi) is 3.81. The minimum absolute atomic E-state index is 0.144. The third-order valence-corrected chi connectivity index (χ3v) is 5.58. The summed E-state index contributed by atoms with van der Waals surface area (Å²) in [6.07, 6.45) is -0.563. The highest BCUT2D eigenvalue weighted by Gasteiger charge is 2.53. The molecule has 4 rings (SSSR count). The molecule has 0 heterocycles. The number of hydrogen-bond donors (Lipinski definition) is 1. The van der Waals surface area contributed by atoms with Gasteiger partial charge in [-0.3, -0.25) is 4.79 Å². The van der Waals surface area contributed by atoms with Gasteiger partial charge in [-0.2, -0.15) is 13.2 Å². The van der Waals surface area contributed by atoms with Crippen LogP contribution in [0, 0.1) is 10.8 Å². The summed E-state index contributed by atoms with van der Waals surface area (Å²) in [7, 11) is 0. The second kappa shape index (κ2) is 5.42. The van der Waals surface area contributed by atoms with E-state index in [1.54, 1.807) is 0 Å². The quantitative estimate of drug-likeness (QED) is 0.884. The largest absolute Gasteiger partial charge is 0.492 e. The Bertz CT molecular complexity index is 585. The SMILES string of the molecule is O=C(O)C12CCC(COc3ccccc3C(F)(F)F)(CC1)CC2. The Labute approximate surface area is 132 Å². The predicted octanol–water partition coefficient (Wildman–Crippen LogP) is 4.51. The number of carboxylic acids is 1. The summed E-state index contributed by atoms with van der Waals surface area (Å²) < 4.78 is 44.5. The molecule has 3 nitrogen and oxygen atoms in total. The average molecular weight is 328 g/mol. The first kappa shape index (κ1) is 16.1. The van der Waals surface area contributed by atoms with Gasteiger partial charge in [-0.05, 0) is 50.7 Å². The van der Waals surface area contributed by atoms with E-state index in [1.807, 2.05) is 0 Å². The number of alkyl halides is 3. The van der Waals surface area contributed by atoms with Gasteiger partial charge in [0, 0.05) is 5.41 Å². The van der Waals surface area contributed by atoms with Crippen LogP contribution in [0.25, 0.3) is 0 Å². The number of rotatable bonds is 4. The number of carbonyl (C=O) groups is 1. The standard InChI is InChI=1S/C17H19F3O3/c18-17(19,20)12-3-1-2-4-13(12)23-11-15-5-8-16(9-6-15,10-7-15)14(21)22/h1-4H,5-11H2,(H,21,22). The number of hydrogen-bond acceptors (Lipinski definition) is 2. The number of ether oxygens (including phenoxy) is 1. The molecule has 3 fully saturated rings. The molecule has 0 unspecified atom stereocenters. The van der Waals surface area contributed by atoms with Gasteiger partial charge < -0.3 is 9.84 Å². The number of benzene rings is 1. The zero-order valence-electron chi connectivity index (χ0n) is 12.7. The molecule has 1 N–H and O–H groups in total. The highest BCUT2D eigenvalue weighted by molar-refractivity contribution is 5.75. The summed E-state index contributed by atoms with van der Waals surface area (Å²) >= 11 is 0. The number of aliphatic carboxylic acids is 1. The molecular weight excluding hydrogens is 309 g/mol. The van der Waals surface area contributed by atoms with E-state index in [1.165, 1.54) is 18.2 Å². The summed E-state index contributed by atoms with van der Waals surface area (Å²) in [5.41, 5.74) is -1.57. The number of halogens is 3. The first-order chi connectivity index (χ1) is 10.8. The molecule has 1 aromatic rings. The lowest BCUT2D eigenvalue weighted by atomic mass is 9.54. The topological polar surface area (TPSA) is 46.5 Å². The predicted molar refractivity (Wildman–Crippen MR) is 77.1 cm³/mol. The van der Waals surface area contributed by atoms with Gasteiger partial charge in [0.15, 0.2) is 0 Å². The minimum atomic E-state index is -4.44. The summed E-state index contributed by atoms with van der Waals surface area (Å²) in [5.74, 6) is -0.885. The van der Waals surface area contributed by atoms with E-state index in [2.05, 4.69) is 0 Å². The molecule has 0 amide bonds. The molecule has 0 aliphatic heterocycles.